The summed E-state index contributed by atoms with van der Waals surface area (Å²) in [5.74, 6) is 0.367. The topological polar surface area (TPSA) is 82.7 Å². The van der Waals surface area contributed by atoms with E-state index in [2.05, 4.69) is 25.7 Å². The van der Waals surface area contributed by atoms with Crippen LogP contribution in [0.1, 0.15) is 31.5 Å². The average molecular weight is 473 g/mol. The van der Waals surface area contributed by atoms with Crippen molar-refractivity contribution in [1.82, 2.24) is 29.8 Å². The molecule has 34 heavy (non-hydrogen) atoms. The molecule has 5 rings (SSSR count). The monoisotopic (exact) mass is 472 g/mol. The minimum atomic E-state index is -2.44. The number of rotatable bonds is 6. The van der Waals surface area contributed by atoms with Gasteiger partial charge in [0.2, 0.25) is 5.95 Å². The zero-order chi connectivity index (χ0) is 23.8. The number of hydrogen-bond acceptors (Lipinski definition) is 7. The highest BCUT2D eigenvalue weighted by atomic mass is 19.3. The molecule has 0 amide bonds. The van der Waals surface area contributed by atoms with Gasteiger partial charge in [0.1, 0.15) is 6.17 Å². The van der Waals surface area contributed by atoms with E-state index in [1.807, 2.05) is 37.1 Å². The molecule has 2 aliphatic rings. The molecule has 5 heterocycles. The first-order valence-corrected chi connectivity index (χ1v) is 11.4. The molecule has 180 valence electrons. The van der Waals surface area contributed by atoms with Crippen LogP contribution in [0, 0.1) is 0 Å². The number of likely N-dealkylation sites (tertiary alicyclic amines) is 1. The molecule has 0 aliphatic carbocycles. The van der Waals surface area contributed by atoms with Crippen molar-refractivity contribution in [3.63, 3.8) is 0 Å². The summed E-state index contributed by atoms with van der Waals surface area (Å²) in [6, 6.07) is 4.95. The first-order chi connectivity index (χ1) is 16.4. The van der Waals surface area contributed by atoms with Crippen LogP contribution in [0.5, 0.6) is 0 Å². The van der Waals surface area contributed by atoms with E-state index >= 15 is 0 Å². The Bertz CT molecular complexity index is 1210. The van der Waals surface area contributed by atoms with Crippen molar-refractivity contribution in [2.24, 2.45) is 4.99 Å². The Labute approximate surface area is 195 Å². The van der Waals surface area contributed by atoms with Gasteiger partial charge in [0, 0.05) is 37.0 Å². The summed E-state index contributed by atoms with van der Waals surface area (Å²) in [6.45, 7) is 2.68. The Morgan fingerprint density at radius 2 is 2.09 bits per heavy atom. The van der Waals surface area contributed by atoms with Crippen LogP contribution in [0.2, 0.25) is 0 Å². The second kappa shape index (κ2) is 9.30. The van der Waals surface area contributed by atoms with E-state index in [4.69, 9.17) is 4.98 Å². The predicted molar refractivity (Wildman–Crippen MR) is 125 cm³/mol. The normalized spacial score (nSPS) is 23.2. The number of nitrogens with one attached hydrogen (secondary N) is 2. The molecule has 0 bridgehead atoms. The molecule has 1 saturated heterocycles. The fourth-order valence-corrected chi connectivity index (χ4v) is 4.58. The Kier molecular flexibility index (Phi) is 6.22. The Morgan fingerprint density at radius 1 is 1.24 bits per heavy atom. The van der Waals surface area contributed by atoms with Crippen LogP contribution in [0.25, 0.3) is 16.8 Å². The van der Waals surface area contributed by atoms with Crippen molar-refractivity contribution in [3.05, 3.63) is 36.3 Å². The number of aliphatic imine (C=N–C) groups is 1. The summed E-state index contributed by atoms with van der Waals surface area (Å²) in [5.41, 5.74) is 4.45. The van der Waals surface area contributed by atoms with E-state index in [0.717, 1.165) is 23.3 Å². The van der Waals surface area contributed by atoms with Crippen LogP contribution in [0.15, 0.2) is 35.6 Å². The first kappa shape index (κ1) is 22.7. The number of hydrogen-bond donors (Lipinski definition) is 2. The molecule has 3 atom stereocenters. The fourth-order valence-electron chi connectivity index (χ4n) is 4.58. The predicted octanol–water partition coefficient (Wildman–Crippen LogP) is 3.64. The first-order valence-electron chi connectivity index (χ1n) is 11.4. The molecule has 3 aromatic heterocycles. The number of aromatic nitrogens is 4. The van der Waals surface area contributed by atoms with Gasteiger partial charge in [-0.25, -0.2) is 27.7 Å². The number of nitrogens with zero attached hydrogens (tertiary/aromatic N) is 6. The third-order valence-corrected chi connectivity index (χ3v) is 6.31. The lowest BCUT2D eigenvalue weighted by atomic mass is 10.0. The smallest absolute Gasteiger partial charge is 0.250 e. The van der Waals surface area contributed by atoms with Crippen molar-refractivity contribution in [2.75, 3.05) is 32.0 Å². The zero-order valence-electron chi connectivity index (χ0n) is 19.0. The molecular formula is C23H27F3N8. The molecule has 0 aromatic carbocycles. The van der Waals surface area contributed by atoms with Gasteiger partial charge in [0.05, 0.1) is 47.4 Å². The molecule has 1 fully saturated rings. The van der Waals surface area contributed by atoms with Gasteiger partial charge in [-0.1, -0.05) is 0 Å². The van der Waals surface area contributed by atoms with Crippen LogP contribution >= 0.6 is 0 Å². The molecular weight excluding hydrogens is 445 g/mol. The third kappa shape index (κ3) is 4.62. The number of halogens is 3. The lowest BCUT2D eigenvalue weighted by Gasteiger charge is -2.32. The van der Waals surface area contributed by atoms with Gasteiger partial charge in [0.15, 0.2) is 0 Å². The van der Waals surface area contributed by atoms with Crippen LogP contribution in [0.4, 0.5) is 24.8 Å². The van der Waals surface area contributed by atoms with E-state index in [1.165, 1.54) is 0 Å². The minimum Gasteiger partial charge on any atom is -0.347 e. The largest absolute Gasteiger partial charge is 0.347 e. The number of piperidine rings is 1. The van der Waals surface area contributed by atoms with Gasteiger partial charge in [0.25, 0.3) is 6.43 Å². The maximum Gasteiger partial charge on any atom is 0.250 e. The van der Waals surface area contributed by atoms with Gasteiger partial charge in [-0.2, -0.15) is 0 Å². The van der Waals surface area contributed by atoms with E-state index in [1.54, 1.807) is 16.9 Å². The molecule has 1 unspecified atom stereocenters. The summed E-state index contributed by atoms with van der Waals surface area (Å²) in [4.78, 5) is 15.7. The summed E-state index contributed by atoms with van der Waals surface area (Å²) < 4.78 is 41.7. The van der Waals surface area contributed by atoms with Crippen LogP contribution in [-0.4, -0.2) is 75.5 Å². The lowest BCUT2D eigenvalue weighted by molar-refractivity contribution is 0.141. The second-order valence-corrected chi connectivity index (χ2v) is 8.96. The maximum atomic E-state index is 14.4. The van der Waals surface area contributed by atoms with Gasteiger partial charge in [-0.05, 0) is 38.6 Å². The van der Waals surface area contributed by atoms with E-state index < -0.39 is 19.1 Å². The number of fused-ring (bicyclic) bond motifs is 2. The second-order valence-electron chi connectivity index (χ2n) is 8.96. The molecule has 2 N–H and O–H groups in total. The highest BCUT2D eigenvalue weighted by Crippen LogP contribution is 2.35. The number of anilines is 1. The van der Waals surface area contributed by atoms with Crippen LogP contribution in [-0.2, 0) is 0 Å². The molecule has 0 radical (unpaired) electrons. The Balaban J connectivity index is 1.41. The lowest BCUT2D eigenvalue weighted by Crippen LogP contribution is -2.46. The molecule has 2 aliphatic heterocycles. The van der Waals surface area contributed by atoms with Gasteiger partial charge in [-0.3, -0.25) is 4.99 Å². The third-order valence-electron chi connectivity index (χ3n) is 6.31. The van der Waals surface area contributed by atoms with Crippen molar-refractivity contribution in [2.45, 2.75) is 44.4 Å². The summed E-state index contributed by atoms with van der Waals surface area (Å²) in [5, 5.41) is 10.5. The number of alkyl halides is 3. The van der Waals surface area contributed by atoms with Crippen molar-refractivity contribution >= 4 is 22.9 Å². The fraction of sp³-hybridized carbons (Fsp3) is 0.478. The summed E-state index contributed by atoms with van der Waals surface area (Å²) >= 11 is 0. The SMILES string of the molecule is CC1=Nc2ccc(-c3ccn4nc(N[C@H]5CCN(C)C[C@H]5F)ncc34)nc2C(NCC(F)F)C1. The quantitative estimate of drug-likeness (QED) is 0.570. The standard InChI is InChI=1S/C23H27F3N8/c1-13-9-19(27-11-21(25)26)22-18(29-13)4-3-16(30-22)14-5-8-34-20(14)10-28-23(32-34)31-17-6-7-33(2)12-15(17)24/h3-5,8,10,15,17,19,21,27H,6-7,9,11-12H2,1-2H3,(H,31,32)/t15-,17+,19?/m1/s1. The highest BCUT2D eigenvalue weighted by Gasteiger charge is 2.28. The molecule has 8 nitrogen and oxygen atoms in total. The van der Waals surface area contributed by atoms with E-state index in [-0.39, 0.29) is 12.1 Å². The van der Waals surface area contributed by atoms with Crippen molar-refractivity contribution in [3.8, 4) is 11.3 Å². The van der Waals surface area contributed by atoms with Gasteiger partial charge < -0.3 is 15.5 Å². The maximum absolute atomic E-state index is 14.4. The minimum absolute atomic E-state index is 0.326. The summed E-state index contributed by atoms with van der Waals surface area (Å²) in [7, 11) is 1.91. The van der Waals surface area contributed by atoms with Gasteiger partial charge >= 0.3 is 0 Å². The zero-order valence-corrected chi connectivity index (χ0v) is 19.0. The van der Waals surface area contributed by atoms with Gasteiger partial charge in [-0.15, -0.1) is 5.10 Å². The van der Waals surface area contributed by atoms with Crippen molar-refractivity contribution in [1.29, 1.82) is 0 Å². The average Bonchev–Trinajstić information content (AvgIpc) is 3.22. The Morgan fingerprint density at radius 3 is 2.88 bits per heavy atom. The Hall–Kier alpha value is -3.05. The van der Waals surface area contributed by atoms with E-state index in [9.17, 15) is 13.2 Å². The van der Waals surface area contributed by atoms with E-state index in [0.29, 0.717) is 42.4 Å². The molecule has 11 heteroatoms. The summed E-state index contributed by atoms with van der Waals surface area (Å²) in [6.07, 6.45) is 1.26. The van der Waals surface area contributed by atoms with Crippen molar-refractivity contribution < 1.29 is 13.2 Å². The molecule has 0 spiro atoms. The molecule has 3 aromatic rings. The number of pyridine rings is 1. The highest BCUT2D eigenvalue weighted by molar-refractivity contribution is 5.88. The molecule has 0 saturated carbocycles. The van der Waals surface area contributed by atoms with Crippen LogP contribution < -0.4 is 10.6 Å². The van der Waals surface area contributed by atoms with Crippen LogP contribution in [0.3, 0.4) is 0 Å².